The van der Waals surface area contributed by atoms with Gasteiger partial charge in [-0.05, 0) is 12.1 Å². The second-order valence-electron chi connectivity index (χ2n) is 4.76. The Hall–Kier alpha value is -2.07. The summed E-state index contributed by atoms with van der Waals surface area (Å²) in [5.74, 6) is -1.17. The zero-order valence-corrected chi connectivity index (χ0v) is 14.0. The Morgan fingerprint density at radius 3 is 2.12 bits per heavy atom. The Kier molecular flexibility index (Phi) is 5.50. The molecule has 0 aromatic heterocycles. The molecule has 0 radical (unpaired) electrons. The molecular weight excluding hydrogens is 356 g/mol. The lowest BCUT2D eigenvalue weighted by Crippen LogP contribution is -2.18. The molecular formula is C15H14O7S2. The van der Waals surface area contributed by atoms with Crippen molar-refractivity contribution >= 4 is 26.0 Å². The highest BCUT2D eigenvalue weighted by atomic mass is 32.3. The van der Waals surface area contributed by atoms with Crippen molar-refractivity contribution in [3.63, 3.8) is 0 Å². The number of hydrogen-bond donors (Lipinski definition) is 1. The molecule has 24 heavy (non-hydrogen) atoms. The maximum atomic E-state index is 12.5. The fourth-order valence-corrected chi connectivity index (χ4v) is 3.73. The van der Waals surface area contributed by atoms with Gasteiger partial charge in [0.2, 0.25) is 0 Å². The molecule has 2 rings (SSSR count). The molecule has 0 amide bonds. The molecule has 0 spiro atoms. The predicted molar refractivity (Wildman–Crippen MR) is 85.9 cm³/mol. The van der Waals surface area contributed by atoms with Gasteiger partial charge in [0.15, 0.2) is 15.6 Å². The highest BCUT2D eigenvalue weighted by Crippen LogP contribution is 2.20. The van der Waals surface area contributed by atoms with Crippen LogP contribution in [-0.2, 0) is 24.4 Å². The second-order valence-corrected chi connectivity index (χ2v) is 7.93. The zero-order valence-electron chi connectivity index (χ0n) is 12.3. The molecule has 0 aliphatic carbocycles. The van der Waals surface area contributed by atoms with Crippen molar-refractivity contribution in [2.75, 3.05) is 12.4 Å². The normalized spacial score (nSPS) is 12.0. The molecule has 0 unspecified atom stereocenters. The van der Waals surface area contributed by atoms with Gasteiger partial charge in [-0.2, -0.15) is 8.42 Å². The van der Waals surface area contributed by atoms with E-state index in [1.54, 1.807) is 30.3 Å². The molecule has 7 nitrogen and oxygen atoms in total. The second kappa shape index (κ2) is 7.22. The van der Waals surface area contributed by atoms with Crippen molar-refractivity contribution < 1.29 is 30.4 Å². The predicted octanol–water partition coefficient (Wildman–Crippen LogP) is 1.51. The summed E-state index contributed by atoms with van der Waals surface area (Å²) >= 11 is 0. The van der Waals surface area contributed by atoms with Crippen LogP contribution in [0.3, 0.4) is 0 Å². The van der Waals surface area contributed by atoms with E-state index in [0.717, 1.165) is 0 Å². The van der Waals surface area contributed by atoms with Gasteiger partial charge in [0.05, 0.1) is 17.3 Å². The highest BCUT2D eigenvalue weighted by Gasteiger charge is 2.23. The van der Waals surface area contributed by atoms with E-state index >= 15 is 0 Å². The quantitative estimate of drug-likeness (QED) is 0.580. The van der Waals surface area contributed by atoms with Crippen LogP contribution < -0.4 is 0 Å². The first-order chi connectivity index (χ1) is 11.2. The van der Waals surface area contributed by atoms with Crippen LogP contribution in [0.15, 0.2) is 59.5 Å². The average Bonchev–Trinajstić information content (AvgIpc) is 2.53. The molecule has 0 saturated carbocycles. The van der Waals surface area contributed by atoms with E-state index in [0.29, 0.717) is 5.56 Å². The molecule has 1 N–H and O–H groups in total. The number of benzene rings is 2. The van der Waals surface area contributed by atoms with Crippen molar-refractivity contribution in [1.82, 2.24) is 0 Å². The van der Waals surface area contributed by atoms with Crippen LogP contribution in [0.5, 0.6) is 0 Å². The summed E-state index contributed by atoms with van der Waals surface area (Å²) in [6.07, 6.45) is 0. The van der Waals surface area contributed by atoms with Crippen LogP contribution in [0.1, 0.15) is 15.9 Å². The number of carbonyl (C=O) groups is 1. The van der Waals surface area contributed by atoms with Crippen LogP contribution in [0.4, 0.5) is 0 Å². The third-order valence-electron chi connectivity index (χ3n) is 3.09. The third-order valence-corrected chi connectivity index (χ3v) is 5.28. The van der Waals surface area contributed by atoms with Crippen molar-refractivity contribution in [3.8, 4) is 0 Å². The lowest BCUT2D eigenvalue weighted by Gasteiger charge is -2.09. The molecule has 2 aromatic carbocycles. The third kappa shape index (κ3) is 4.71. The molecule has 0 fully saturated rings. The van der Waals surface area contributed by atoms with Crippen LogP contribution in [0.25, 0.3) is 0 Å². The SMILES string of the molecule is O=C(c1ccccc1)c1ccccc1S(=O)(=O)CCOS(=O)(=O)O. The van der Waals surface area contributed by atoms with Gasteiger partial charge in [-0.3, -0.25) is 9.35 Å². The topological polar surface area (TPSA) is 115 Å². The van der Waals surface area contributed by atoms with Gasteiger partial charge < -0.3 is 0 Å². The molecule has 0 atom stereocenters. The first kappa shape index (κ1) is 18.3. The molecule has 2 aromatic rings. The van der Waals surface area contributed by atoms with Gasteiger partial charge in [-0.25, -0.2) is 12.6 Å². The monoisotopic (exact) mass is 370 g/mol. The summed E-state index contributed by atoms with van der Waals surface area (Å²) in [6.45, 7) is -0.755. The van der Waals surface area contributed by atoms with Crippen molar-refractivity contribution in [1.29, 1.82) is 0 Å². The molecule has 0 aliphatic heterocycles. The van der Waals surface area contributed by atoms with Gasteiger partial charge in [0.1, 0.15) is 0 Å². The maximum Gasteiger partial charge on any atom is 0.397 e. The van der Waals surface area contributed by atoms with Gasteiger partial charge in [0.25, 0.3) is 0 Å². The van der Waals surface area contributed by atoms with Crippen molar-refractivity contribution in [2.45, 2.75) is 4.90 Å². The number of rotatable bonds is 7. The Balaban J connectivity index is 2.33. The van der Waals surface area contributed by atoms with Gasteiger partial charge in [0, 0.05) is 11.1 Å². The van der Waals surface area contributed by atoms with Crippen LogP contribution in [0.2, 0.25) is 0 Å². The fraction of sp³-hybridized carbons (Fsp3) is 0.133. The number of hydrogen-bond acceptors (Lipinski definition) is 6. The lowest BCUT2D eigenvalue weighted by atomic mass is 10.0. The number of sulfone groups is 1. The average molecular weight is 370 g/mol. The summed E-state index contributed by atoms with van der Waals surface area (Å²) in [7, 11) is -8.72. The van der Waals surface area contributed by atoms with E-state index in [1.807, 2.05) is 0 Å². The van der Waals surface area contributed by atoms with Crippen LogP contribution in [0, 0.1) is 0 Å². The first-order valence-corrected chi connectivity index (χ1v) is 9.76. The van der Waals surface area contributed by atoms with Crippen LogP contribution in [-0.4, -0.2) is 39.5 Å². The van der Waals surface area contributed by atoms with Crippen molar-refractivity contribution in [3.05, 3.63) is 65.7 Å². The minimum absolute atomic E-state index is 0.0180. The van der Waals surface area contributed by atoms with Gasteiger partial charge in [-0.1, -0.05) is 42.5 Å². The summed E-state index contributed by atoms with van der Waals surface area (Å²) in [4.78, 5) is 12.3. The number of carbonyl (C=O) groups excluding carboxylic acids is 1. The molecule has 0 aliphatic rings. The largest absolute Gasteiger partial charge is 0.397 e. The lowest BCUT2D eigenvalue weighted by molar-refractivity contribution is 0.103. The molecule has 0 bridgehead atoms. The Labute approximate surface area is 139 Å². The van der Waals surface area contributed by atoms with E-state index in [-0.39, 0.29) is 10.5 Å². The number of ketones is 1. The van der Waals surface area contributed by atoms with Gasteiger partial charge in [-0.15, -0.1) is 0 Å². The minimum atomic E-state index is -4.73. The maximum absolute atomic E-state index is 12.5. The van der Waals surface area contributed by atoms with Crippen molar-refractivity contribution in [2.24, 2.45) is 0 Å². The zero-order chi connectivity index (χ0) is 17.8. The Morgan fingerprint density at radius 1 is 0.917 bits per heavy atom. The Bertz CT molecular complexity index is 933. The molecule has 0 heterocycles. The summed E-state index contributed by atoms with van der Waals surface area (Å²) < 4.78 is 58.2. The minimum Gasteiger partial charge on any atom is -0.289 e. The van der Waals surface area contributed by atoms with E-state index in [1.165, 1.54) is 24.3 Å². The highest BCUT2D eigenvalue weighted by molar-refractivity contribution is 7.91. The van der Waals surface area contributed by atoms with E-state index in [2.05, 4.69) is 4.18 Å². The van der Waals surface area contributed by atoms with Gasteiger partial charge >= 0.3 is 10.4 Å². The summed E-state index contributed by atoms with van der Waals surface area (Å²) in [5.41, 5.74) is 0.310. The molecule has 9 heteroatoms. The van der Waals surface area contributed by atoms with Crippen LogP contribution >= 0.6 is 0 Å². The summed E-state index contributed by atoms with van der Waals surface area (Å²) in [6, 6.07) is 13.8. The van der Waals surface area contributed by atoms with E-state index in [9.17, 15) is 21.6 Å². The first-order valence-electron chi connectivity index (χ1n) is 6.74. The van der Waals surface area contributed by atoms with E-state index in [4.69, 9.17) is 4.55 Å². The molecule has 128 valence electrons. The molecule has 0 saturated heterocycles. The Morgan fingerprint density at radius 2 is 1.50 bits per heavy atom. The van der Waals surface area contributed by atoms with E-state index < -0.39 is 38.4 Å². The standard InChI is InChI=1S/C15H14O7S2/c16-15(12-6-2-1-3-7-12)13-8-4-5-9-14(13)23(17,18)11-10-22-24(19,20)21/h1-9H,10-11H2,(H,19,20,21). The fourth-order valence-electron chi connectivity index (χ4n) is 2.03. The smallest absolute Gasteiger partial charge is 0.289 e. The summed E-state index contributed by atoms with van der Waals surface area (Å²) in [5, 5.41) is 0.